The fraction of sp³-hybridized carbons (Fsp3) is 0.500. The van der Waals surface area contributed by atoms with Crippen molar-refractivity contribution >= 4 is 11.7 Å². The lowest BCUT2D eigenvalue weighted by atomic mass is 10.3. The summed E-state index contributed by atoms with van der Waals surface area (Å²) in [6, 6.07) is 1.67. The van der Waals surface area contributed by atoms with Crippen LogP contribution in [-0.2, 0) is 0 Å². The average Bonchev–Trinajstić information content (AvgIpc) is 2.40. The van der Waals surface area contributed by atoms with E-state index in [1.165, 1.54) is 0 Å². The molecule has 0 aromatic carbocycles. The molecule has 1 amide bonds. The summed E-state index contributed by atoms with van der Waals surface area (Å²) in [5.74, 6) is 1.04. The maximum atomic E-state index is 11.8. The molecule has 0 saturated carbocycles. The van der Waals surface area contributed by atoms with E-state index < -0.39 is 0 Å². The van der Waals surface area contributed by atoms with Crippen LogP contribution in [0.1, 0.15) is 22.7 Å². The third kappa shape index (κ3) is 5.79. The molecule has 0 unspecified atom stereocenters. The Morgan fingerprint density at radius 3 is 2.85 bits per heavy atom. The van der Waals surface area contributed by atoms with E-state index in [2.05, 4.69) is 32.1 Å². The first-order valence-electron chi connectivity index (χ1n) is 6.66. The first kappa shape index (κ1) is 16.1. The molecule has 20 heavy (non-hydrogen) atoms. The van der Waals surface area contributed by atoms with Crippen LogP contribution < -0.4 is 10.6 Å². The highest BCUT2D eigenvalue weighted by Gasteiger charge is 2.09. The summed E-state index contributed by atoms with van der Waals surface area (Å²) in [6.45, 7) is 7.57. The van der Waals surface area contributed by atoms with Gasteiger partial charge in [-0.3, -0.25) is 4.79 Å². The maximum absolute atomic E-state index is 11.8. The molecule has 0 bridgehead atoms. The van der Waals surface area contributed by atoms with Crippen LogP contribution in [0.5, 0.6) is 0 Å². The lowest BCUT2D eigenvalue weighted by Gasteiger charge is -2.11. The quantitative estimate of drug-likeness (QED) is 0.549. The van der Waals surface area contributed by atoms with Gasteiger partial charge in [0.1, 0.15) is 17.3 Å². The topological polar surface area (TPSA) is 70.2 Å². The van der Waals surface area contributed by atoms with Crippen molar-refractivity contribution in [2.24, 2.45) is 0 Å². The van der Waals surface area contributed by atoms with Crippen LogP contribution in [0.3, 0.4) is 0 Å². The second-order valence-corrected chi connectivity index (χ2v) is 4.77. The fourth-order valence-corrected chi connectivity index (χ4v) is 1.64. The molecule has 0 saturated heterocycles. The van der Waals surface area contributed by atoms with Gasteiger partial charge in [0.25, 0.3) is 5.91 Å². The summed E-state index contributed by atoms with van der Waals surface area (Å²) in [5, 5.41) is 5.92. The van der Waals surface area contributed by atoms with Crippen molar-refractivity contribution in [3.05, 3.63) is 30.2 Å². The van der Waals surface area contributed by atoms with Gasteiger partial charge in [0.2, 0.25) is 0 Å². The minimum atomic E-state index is -0.216. The van der Waals surface area contributed by atoms with Gasteiger partial charge < -0.3 is 15.5 Å². The van der Waals surface area contributed by atoms with Crippen LogP contribution in [-0.4, -0.2) is 54.5 Å². The van der Waals surface area contributed by atoms with Crippen LogP contribution in [0.25, 0.3) is 0 Å². The molecule has 110 valence electrons. The smallest absolute Gasteiger partial charge is 0.270 e. The Morgan fingerprint density at radius 2 is 2.20 bits per heavy atom. The van der Waals surface area contributed by atoms with Gasteiger partial charge in [-0.15, -0.1) is 6.58 Å². The Hall–Kier alpha value is -1.95. The number of nitrogens with one attached hydrogen (secondary N) is 2. The second kappa shape index (κ2) is 8.27. The molecule has 1 aromatic rings. The number of nitrogens with zero attached hydrogens (tertiary/aromatic N) is 3. The molecule has 1 rings (SSSR count). The Bertz CT molecular complexity index is 459. The Balaban J connectivity index is 2.61. The van der Waals surface area contributed by atoms with E-state index in [1.54, 1.807) is 19.1 Å². The van der Waals surface area contributed by atoms with E-state index in [4.69, 9.17) is 0 Å². The van der Waals surface area contributed by atoms with Crippen LogP contribution in [0.2, 0.25) is 0 Å². The Morgan fingerprint density at radius 1 is 1.45 bits per heavy atom. The van der Waals surface area contributed by atoms with Gasteiger partial charge in [-0.1, -0.05) is 6.08 Å². The Labute approximate surface area is 120 Å². The normalized spacial score (nSPS) is 10.4. The maximum Gasteiger partial charge on any atom is 0.270 e. The molecule has 0 aliphatic heterocycles. The SMILES string of the molecule is C=CCNC(=O)c1cc(NCCCN(C)C)nc(C)n1. The molecule has 0 radical (unpaired) electrons. The van der Waals surface area contributed by atoms with Crippen molar-refractivity contribution in [2.75, 3.05) is 39.0 Å². The van der Waals surface area contributed by atoms with Crippen LogP contribution in [0.4, 0.5) is 5.82 Å². The van der Waals surface area contributed by atoms with Crippen LogP contribution in [0, 0.1) is 6.92 Å². The molecular weight excluding hydrogens is 254 g/mol. The van der Waals surface area contributed by atoms with Crippen molar-refractivity contribution in [1.82, 2.24) is 20.2 Å². The number of amides is 1. The number of rotatable bonds is 8. The first-order chi connectivity index (χ1) is 9.52. The van der Waals surface area contributed by atoms with Gasteiger partial charge in [0.15, 0.2) is 0 Å². The lowest BCUT2D eigenvalue weighted by molar-refractivity contribution is 0.0952. The van der Waals surface area contributed by atoms with Gasteiger partial charge >= 0.3 is 0 Å². The zero-order valence-corrected chi connectivity index (χ0v) is 12.4. The standard InChI is InChI=1S/C14H23N5O/c1-5-7-16-14(20)12-10-13(18-11(2)17-12)15-8-6-9-19(3)4/h5,10H,1,6-9H2,2-4H3,(H,16,20)(H,15,17,18). The zero-order chi connectivity index (χ0) is 15.0. The highest BCUT2D eigenvalue weighted by Crippen LogP contribution is 2.06. The van der Waals surface area contributed by atoms with Gasteiger partial charge in [0, 0.05) is 19.2 Å². The minimum absolute atomic E-state index is 0.216. The fourth-order valence-electron chi connectivity index (χ4n) is 1.64. The number of anilines is 1. The number of aromatic nitrogens is 2. The van der Waals surface area contributed by atoms with Gasteiger partial charge in [-0.05, 0) is 34.0 Å². The van der Waals surface area contributed by atoms with E-state index in [-0.39, 0.29) is 5.91 Å². The predicted molar refractivity (Wildman–Crippen MR) is 81.0 cm³/mol. The third-order valence-corrected chi connectivity index (χ3v) is 2.57. The third-order valence-electron chi connectivity index (χ3n) is 2.57. The van der Waals surface area contributed by atoms with E-state index in [0.29, 0.717) is 23.9 Å². The summed E-state index contributed by atoms with van der Waals surface area (Å²) in [5.41, 5.74) is 0.370. The number of hydrogen-bond donors (Lipinski definition) is 2. The summed E-state index contributed by atoms with van der Waals surface area (Å²) in [7, 11) is 4.08. The molecule has 6 heteroatoms. The van der Waals surface area contributed by atoms with Crippen molar-refractivity contribution in [1.29, 1.82) is 0 Å². The van der Waals surface area contributed by atoms with E-state index in [1.807, 2.05) is 14.1 Å². The monoisotopic (exact) mass is 277 g/mol. The molecule has 2 N–H and O–H groups in total. The molecule has 6 nitrogen and oxygen atoms in total. The van der Waals surface area contributed by atoms with Crippen molar-refractivity contribution < 1.29 is 4.79 Å². The lowest BCUT2D eigenvalue weighted by Crippen LogP contribution is -2.25. The number of carbonyl (C=O) groups excluding carboxylic acids is 1. The molecule has 1 heterocycles. The summed E-state index contributed by atoms with van der Waals surface area (Å²) < 4.78 is 0. The molecule has 0 fully saturated rings. The zero-order valence-electron chi connectivity index (χ0n) is 12.4. The molecule has 0 spiro atoms. The number of hydrogen-bond acceptors (Lipinski definition) is 5. The van der Waals surface area contributed by atoms with E-state index in [9.17, 15) is 4.79 Å². The first-order valence-corrected chi connectivity index (χ1v) is 6.66. The van der Waals surface area contributed by atoms with Crippen molar-refractivity contribution in [3.63, 3.8) is 0 Å². The Kier molecular flexibility index (Phi) is 6.66. The summed E-state index contributed by atoms with van der Waals surface area (Å²) in [4.78, 5) is 22.4. The van der Waals surface area contributed by atoms with Crippen LogP contribution >= 0.6 is 0 Å². The van der Waals surface area contributed by atoms with Crippen molar-refractivity contribution in [2.45, 2.75) is 13.3 Å². The summed E-state index contributed by atoms with van der Waals surface area (Å²) in [6.07, 6.45) is 2.64. The summed E-state index contributed by atoms with van der Waals surface area (Å²) >= 11 is 0. The van der Waals surface area contributed by atoms with Gasteiger partial charge in [-0.2, -0.15) is 0 Å². The highest BCUT2D eigenvalue weighted by atomic mass is 16.1. The molecule has 0 aliphatic carbocycles. The van der Waals surface area contributed by atoms with E-state index >= 15 is 0 Å². The molecular formula is C14H23N5O. The molecule has 1 aromatic heterocycles. The van der Waals surface area contributed by atoms with Crippen LogP contribution in [0.15, 0.2) is 18.7 Å². The van der Waals surface area contributed by atoms with Gasteiger partial charge in [0.05, 0.1) is 0 Å². The predicted octanol–water partition coefficient (Wildman–Crippen LogP) is 1.06. The molecule has 0 aliphatic rings. The molecule has 0 atom stereocenters. The van der Waals surface area contributed by atoms with Crippen molar-refractivity contribution in [3.8, 4) is 0 Å². The average molecular weight is 277 g/mol. The highest BCUT2D eigenvalue weighted by molar-refractivity contribution is 5.93. The largest absolute Gasteiger partial charge is 0.370 e. The minimum Gasteiger partial charge on any atom is -0.370 e. The van der Waals surface area contributed by atoms with Gasteiger partial charge in [-0.25, -0.2) is 9.97 Å². The van der Waals surface area contributed by atoms with E-state index in [0.717, 1.165) is 19.5 Å². The second-order valence-electron chi connectivity index (χ2n) is 4.77. The number of aryl methyl sites for hydroxylation is 1. The number of carbonyl (C=O) groups is 1.